The summed E-state index contributed by atoms with van der Waals surface area (Å²) in [4.78, 5) is 0. The monoisotopic (exact) mass is 124 g/mol. The van der Waals surface area contributed by atoms with Crippen LogP contribution in [-0.2, 0) is 0 Å². The van der Waals surface area contributed by atoms with Gasteiger partial charge in [-0.15, -0.1) is 0 Å². The minimum atomic E-state index is 0.393. The summed E-state index contributed by atoms with van der Waals surface area (Å²) in [5.41, 5.74) is 0. The van der Waals surface area contributed by atoms with Gasteiger partial charge in [0.05, 0.1) is 6.04 Å². The van der Waals surface area contributed by atoms with Crippen molar-refractivity contribution in [3.8, 4) is 0 Å². The van der Waals surface area contributed by atoms with Gasteiger partial charge in [-0.2, -0.15) is 10.2 Å². The van der Waals surface area contributed by atoms with Crippen LogP contribution in [0, 0.1) is 0 Å². The van der Waals surface area contributed by atoms with E-state index in [1.165, 1.54) is 12.8 Å². The average molecular weight is 124 g/mol. The van der Waals surface area contributed by atoms with Gasteiger partial charge in [0.1, 0.15) is 0 Å². The fourth-order valence-corrected chi connectivity index (χ4v) is 0.868. The first-order chi connectivity index (χ1) is 4.43. The lowest BCUT2D eigenvalue weighted by Gasteiger charge is -1.98. The predicted molar refractivity (Wildman–Crippen MR) is 37.3 cm³/mol. The molecule has 1 heterocycles. The topological polar surface area (TPSA) is 24.7 Å². The molecule has 0 aromatic heterocycles. The Bertz CT molecular complexity index is 115. The van der Waals surface area contributed by atoms with E-state index in [0.717, 1.165) is 6.42 Å². The van der Waals surface area contributed by atoms with Gasteiger partial charge in [0.2, 0.25) is 0 Å². The van der Waals surface area contributed by atoms with E-state index in [-0.39, 0.29) is 0 Å². The zero-order chi connectivity index (χ0) is 6.53. The van der Waals surface area contributed by atoms with Crippen LogP contribution in [0.15, 0.2) is 22.5 Å². The zero-order valence-corrected chi connectivity index (χ0v) is 5.75. The van der Waals surface area contributed by atoms with E-state index in [9.17, 15) is 0 Å². The summed E-state index contributed by atoms with van der Waals surface area (Å²) in [7, 11) is 0. The molecule has 0 saturated heterocycles. The van der Waals surface area contributed by atoms with Crippen LogP contribution in [-0.4, -0.2) is 6.04 Å². The molecule has 0 radical (unpaired) electrons. The molecule has 0 saturated carbocycles. The second kappa shape index (κ2) is 3.38. The van der Waals surface area contributed by atoms with Crippen molar-refractivity contribution in [3.05, 3.63) is 12.3 Å². The highest BCUT2D eigenvalue weighted by Crippen LogP contribution is 2.10. The Morgan fingerprint density at radius 3 is 3.00 bits per heavy atom. The highest BCUT2D eigenvalue weighted by atomic mass is 15.1. The Morgan fingerprint density at radius 1 is 1.56 bits per heavy atom. The Balaban J connectivity index is 2.13. The summed E-state index contributed by atoms with van der Waals surface area (Å²) in [5.74, 6) is 0. The third-order valence-corrected chi connectivity index (χ3v) is 1.44. The summed E-state index contributed by atoms with van der Waals surface area (Å²) in [5, 5.41) is 7.75. The van der Waals surface area contributed by atoms with E-state index in [0.29, 0.717) is 6.04 Å². The number of hydrogen-bond donors (Lipinski definition) is 0. The van der Waals surface area contributed by atoms with Crippen LogP contribution in [0.4, 0.5) is 0 Å². The minimum absolute atomic E-state index is 0.393. The molecule has 9 heavy (non-hydrogen) atoms. The number of hydrogen-bond acceptors (Lipinski definition) is 2. The van der Waals surface area contributed by atoms with Crippen molar-refractivity contribution >= 4 is 0 Å². The lowest BCUT2D eigenvalue weighted by molar-refractivity contribution is 0.650. The van der Waals surface area contributed by atoms with Gasteiger partial charge in [0, 0.05) is 6.20 Å². The highest BCUT2D eigenvalue weighted by Gasteiger charge is 2.03. The molecule has 0 N–H and O–H groups in total. The fourth-order valence-electron chi connectivity index (χ4n) is 0.868. The second-order valence-corrected chi connectivity index (χ2v) is 2.28. The van der Waals surface area contributed by atoms with Crippen LogP contribution in [0.1, 0.15) is 26.2 Å². The molecular weight excluding hydrogens is 112 g/mol. The molecule has 0 aromatic rings. The second-order valence-electron chi connectivity index (χ2n) is 2.28. The summed E-state index contributed by atoms with van der Waals surface area (Å²) in [6, 6.07) is 0.393. The van der Waals surface area contributed by atoms with Crippen LogP contribution >= 0.6 is 0 Å². The van der Waals surface area contributed by atoms with Crippen molar-refractivity contribution in [2.24, 2.45) is 10.2 Å². The summed E-state index contributed by atoms with van der Waals surface area (Å²) < 4.78 is 0. The lowest BCUT2D eigenvalue weighted by Crippen LogP contribution is -1.94. The van der Waals surface area contributed by atoms with Gasteiger partial charge in [-0.1, -0.05) is 19.8 Å². The number of rotatable bonds is 3. The van der Waals surface area contributed by atoms with E-state index in [2.05, 4.69) is 23.2 Å². The zero-order valence-electron chi connectivity index (χ0n) is 5.75. The van der Waals surface area contributed by atoms with Crippen molar-refractivity contribution < 1.29 is 0 Å². The van der Waals surface area contributed by atoms with Crippen LogP contribution in [0.25, 0.3) is 0 Å². The maximum Gasteiger partial charge on any atom is 0.0911 e. The van der Waals surface area contributed by atoms with E-state index in [1.807, 2.05) is 0 Å². The Kier molecular flexibility index (Phi) is 2.43. The first-order valence-electron chi connectivity index (χ1n) is 3.50. The first-order valence-corrected chi connectivity index (χ1v) is 3.50. The number of nitrogens with zero attached hydrogens (tertiary/aromatic N) is 2. The van der Waals surface area contributed by atoms with E-state index >= 15 is 0 Å². The fraction of sp³-hybridized carbons (Fsp3) is 0.714. The molecule has 1 aliphatic heterocycles. The summed E-state index contributed by atoms with van der Waals surface area (Å²) in [6.07, 6.45) is 7.50. The Labute approximate surface area is 55.7 Å². The van der Waals surface area contributed by atoms with Gasteiger partial charge in [-0.25, -0.2) is 0 Å². The quantitative estimate of drug-likeness (QED) is 0.552. The van der Waals surface area contributed by atoms with Gasteiger partial charge in [0.25, 0.3) is 0 Å². The maximum atomic E-state index is 3.99. The van der Waals surface area contributed by atoms with Crippen molar-refractivity contribution in [3.63, 3.8) is 0 Å². The normalized spacial score (nSPS) is 23.4. The molecule has 0 bridgehead atoms. The molecule has 2 heteroatoms. The van der Waals surface area contributed by atoms with Crippen molar-refractivity contribution in [1.29, 1.82) is 0 Å². The van der Waals surface area contributed by atoms with Gasteiger partial charge in [-0.3, -0.25) is 0 Å². The molecule has 1 aliphatic rings. The van der Waals surface area contributed by atoms with E-state index < -0.39 is 0 Å². The first kappa shape index (κ1) is 6.46. The molecule has 0 aliphatic carbocycles. The SMILES string of the molecule is CCCCC1C=CN=N1. The van der Waals surface area contributed by atoms with Crippen molar-refractivity contribution in [2.45, 2.75) is 32.2 Å². The standard InChI is InChI=1S/C7H12N2/c1-2-3-4-7-5-6-8-9-7/h5-7H,2-4H2,1H3. The van der Waals surface area contributed by atoms with Crippen molar-refractivity contribution in [1.82, 2.24) is 0 Å². The van der Waals surface area contributed by atoms with Gasteiger partial charge >= 0.3 is 0 Å². The molecule has 0 aromatic carbocycles. The van der Waals surface area contributed by atoms with E-state index in [1.54, 1.807) is 6.20 Å². The van der Waals surface area contributed by atoms with E-state index in [4.69, 9.17) is 0 Å². The van der Waals surface area contributed by atoms with Crippen LogP contribution in [0.5, 0.6) is 0 Å². The average Bonchev–Trinajstić information content (AvgIpc) is 2.34. The highest BCUT2D eigenvalue weighted by molar-refractivity contribution is 4.95. The molecule has 1 atom stereocenters. The van der Waals surface area contributed by atoms with Crippen molar-refractivity contribution in [2.75, 3.05) is 0 Å². The molecule has 1 rings (SSSR count). The van der Waals surface area contributed by atoms with Crippen LogP contribution in [0.3, 0.4) is 0 Å². The minimum Gasteiger partial charge on any atom is -0.182 e. The predicted octanol–water partition coefficient (Wildman–Crippen LogP) is 2.52. The number of azo groups is 1. The molecule has 50 valence electrons. The largest absolute Gasteiger partial charge is 0.182 e. The third kappa shape index (κ3) is 1.96. The van der Waals surface area contributed by atoms with Gasteiger partial charge in [0.15, 0.2) is 0 Å². The molecule has 0 amide bonds. The molecular formula is C7H12N2. The summed E-state index contributed by atoms with van der Waals surface area (Å²) >= 11 is 0. The molecule has 1 unspecified atom stereocenters. The van der Waals surface area contributed by atoms with Crippen LogP contribution in [0.2, 0.25) is 0 Å². The molecule has 2 nitrogen and oxygen atoms in total. The lowest BCUT2D eigenvalue weighted by atomic mass is 10.1. The summed E-state index contributed by atoms with van der Waals surface area (Å²) in [6.45, 7) is 2.19. The van der Waals surface area contributed by atoms with Crippen LogP contribution < -0.4 is 0 Å². The Hall–Kier alpha value is -0.660. The van der Waals surface area contributed by atoms with Gasteiger partial charge in [-0.05, 0) is 12.5 Å². The third-order valence-electron chi connectivity index (χ3n) is 1.44. The molecule has 0 spiro atoms. The smallest absolute Gasteiger partial charge is 0.0911 e. The molecule has 0 fully saturated rings. The maximum absolute atomic E-state index is 3.99. The van der Waals surface area contributed by atoms with Gasteiger partial charge < -0.3 is 0 Å². The number of unbranched alkanes of at least 4 members (excludes halogenated alkanes) is 1. The Morgan fingerprint density at radius 2 is 2.44 bits per heavy atom.